The third-order valence-corrected chi connectivity index (χ3v) is 6.69. The van der Waals surface area contributed by atoms with Crippen molar-refractivity contribution < 1.29 is 0 Å². The van der Waals surface area contributed by atoms with Gasteiger partial charge in [0.25, 0.3) is 5.56 Å². The van der Waals surface area contributed by atoms with Crippen LogP contribution in [0.5, 0.6) is 0 Å². The van der Waals surface area contributed by atoms with E-state index < -0.39 is 0 Å². The van der Waals surface area contributed by atoms with Crippen LogP contribution in [0.25, 0.3) is 10.8 Å². The molecule has 0 unspecified atom stereocenters. The van der Waals surface area contributed by atoms with Crippen LogP contribution in [-0.2, 0) is 0 Å². The Morgan fingerprint density at radius 2 is 2.07 bits per heavy atom. The van der Waals surface area contributed by atoms with Crippen molar-refractivity contribution in [2.45, 2.75) is 50.6 Å². The fourth-order valence-corrected chi connectivity index (χ4v) is 4.78. The summed E-state index contributed by atoms with van der Waals surface area (Å²) >= 11 is 6.10. The van der Waals surface area contributed by atoms with E-state index in [1.807, 2.05) is 22.9 Å². The second kappa shape index (κ2) is 7.41. The first kappa shape index (κ1) is 19.1. The van der Waals surface area contributed by atoms with Gasteiger partial charge in [0.2, 0.25) is 0 Å². The van der Waals surface area contributed by atoms with Crippen LogP contribution in [0.4, 0.5) is 5.82 Å². The Bertz CT molecular complexity index is 1230. The van der Waals surface area contributed by atoms with Crippen LogP contribution in [0, 0.1) is 11.3 Å². The van der Waals surface area contributed by atoms with Crippen LogP contribution in [0.2, 0.25) is 5.15 Å². The minimum absolute atomic E-state index is 0.0231. The molecule has 1 aliphatic carbocycles. The molecule has 3 heterocycles. The van der Waals surface area contributed by atoms with Crippen LogP contribution in [-0.4, -0.2) is 27.1 Å². The highest BCUT2D eigenvalue weighted by Gasteiger charge is 2.31. The number of pyridine rings is 1. The van der Waals surface area contributed by atoms with Crippen molar-refractivity contribution in [3.63, 3.8) is 0 Å². The molecule has 1 saturated carbocycles. The first-order valence-electron chi connectivity index (χ1n) is 10.4. The summed E-state index contributed by atoms with van der Waals surface area (Å²) in [7, 11) is 0. The highest BCUT2D eigenvalue weighted by atomic mass is 35.5. The SMILES string of the molecule is C[C@@H]1[C@H](n2ccc3cc(C4CC4)ccc3c2=O)CCCN1c1cnc(C#N)c(Cl)n1. The predicted octanol–water partition coefficient (Wildman–Crippen LogP) is 4.42. The van der Waals surface area contributed by atoms with E-state index in [0.29, 0.717) is 11.7 Å². The molecule has 0 N–H and O–H groups in total. The van der Waals surface area contributed by atoms with Crippen LogP contribution < -0.4 is 10.5 Å². The average molecular weight is 420 g/mol. The lowest BCUT2D eigenvalue weighted by atomic mass is 9.96. The topological polar surface area (TPSA) is 74.8 Å². The van der Waals surface area contributed by atoms with Crippen LogP contribution in [0.15, 0.2) is 41.5 Å². The maximum atomic E-state index is 13.3. The molecule has 30 heavy (non-hydrogen) atoms. The summed E-state index contributed by atoms with van der Waals surface area (Å²) in [6.07, 6.45) is 7.87. The van der Waals surface area contributed by atoms with Gasteiger partial charge in [-0.15, -0.1) is 0 Å². The smallest absolute Gasteiger partial charge is 0.258 e. The molecule has 0 radical (unpaired) electrons. The van der Waals surface area contributed by atoms with Gasteiger partial charge in [-0.2, -0.15) is 5.26 Å². The molecule has 152 valence electrons. The largest absolute Gasteiger partial charge is 0.350 e. The molecule has 7 heteroatoms. The van der Waals surface area contributed by atoms with Crippen molar-refractivity contribution in [1.29, 1.82) is 5.26 Å². The normalized spacial score (nSPS) is 21.6. The van der Waals surface area contributed by atoms with Crippen molar-refractivity contribution in [3.8, 4) is 6.07 Å². The minimum atomic E-state index is 0.0231. The highest BCUT2D eigenvalue weighted by molar-refractivity contribution is 6.30. The van der Waals surface area contributed by atoms with Gasteiger partial charge < -0.3 is 9.47 Å². The molecule has 0 spiro atoms. The van der Waals surface area contributed by atoms with Crippen LogP contribution >= 0.6 is 11.6 Å². The van der Waals surface area contributed by atoms with E-state index in [0.717, 1.165) is 30.2 Å². The fraction of sp³-hybridized carbons (Fsp3) is 0.391. The third kappa shape index (κ3) is 3.23. The Hall–Kier alpha value is -2.91. The molecule has 6 nitrogen and oxygen atoms in total. The number of nitriles is 1. The molecule has 0 bridgehead atoms. The molecule has 2 aliphatic rings. The Morgan fingerprint density at radius 3 is 2.80 bits per heavy atom. The number of anilines is 1. The van der Waals surface area contributed by atoms with E-state index in [2.05, 4.69) is 40.0 Å². The van der Waals surface area contributed by atoms with E-state index in [1.165, 1.54) is 18.4 Å². The maximum absolute atomic E-state index is 13.3. The van der Waals surface area contributed by atoms with E-state index >= 15 is 0 Å². The molecular formula is C23H22ClN5O. The number of nitrogens with zero attached hydrogens (tertiary/aromatic N) is 5. The fourth-order valence-electron chi connectivity index (χ4n) is 4.60. The van der Waals surface area contributed by atoms with Gasteiger partial charge in [-0.1, -0.05) is 23.7 Å². The molecule has 0 amide bonds. The van der Waals surface area contributed by atoms with E-state index in [-0.39, 0.29) is 28.5 Å². The molecule has 1 aromatic carbocycles. The van der Waals surface area contributed by atoms with Gasteiger partial charge in [0, 0.05) is 24.2 Å². The lowest BCUT2D eigenvalue weighted by Crippen LogP contribution is -2.47. The zero-order valence-electron chi connectivity index (χ0n) is 16.8. The maximum Gasteiger partial charge on any atom is 0.258 e. The molecule has 2 aromatic heterocycles. The average Bonchev–Trinajstić information content (AvgIpc) is 3.60. The number of rotatable bonds is 3. The first-order chi connectivity index (χ1) is 14.6. The number of aromatic nitrogens is 3. The van der Waals surface area contributed by atoms with Crippen LogP contribution in [0.1, 0.15) is 55.8 Å². The Labute approximate surface area is 179 Å². The zero-order valence-corrected chi connectivity index (χ0v) is 17.5. The van der Waals surface area contributed by atoms with Crippen molar-refractivity contribution >= 4 is 28.2 Å². The minimum Gasteiger partial charge on any atom is -0.350 e. The summed E-state index contributed by atoms with van der Waals surface area (Å²) in [6.45, 7) is 2.91. The molecule has 5 rings (SSSR count). The molecule has 3 aromatic rings. The van der Waals surface area contributed by atoms with Gasteiger partial charge in [0.05, 0.1) is 12.2 Å². The lowest BCUT2D eigenvalue weighted by Gasteiger charge is -2.40. The summed E-state index contributed by atoms with van der Waals surface area (Å²) in [5, 5.41) is 10.9. The first-order valence-corrected chi connectivity index (χ1v) is 10.8. The summed E-state index contributed by atoms with van der Waals surface area (Å²) in [5.41, 5.74) is 1.52. The quantitative estimate of drug-likeness (QED) is 0.628. The molecule has 1 saturated heterocycles. The number of halogens is 1. The number of hydrogen-bond acceptors (Lipinski definition) is 5. The molecule has 1 aliphatic heterocycles. The number of fused-ring (bicyclic) bond motifs is 1. The van der Waals surface area contributed by atoms with Crippen molar-refractivity contribution in [3.05, 3.63) is 63.4 Å². The summed E-state index contributed by atoms with van der Waals surface area (Å²) in [6, 6.07) is 10.3. The number of piperidine rings is 1. The van der Waals surface area contributed by atoms with Gasteiger partial charge in [-0.3, -0.25) is 4.79 Å². The summed E-state index contributed by atoms with van der Waals surface area (Å²) in [4.78, 5) is 23.9. The van der Waals surface area contributed by atoms with Crippen molar-refractivity contribution in [2.24, 2.45) is 0 Å². The number of hydrogen-bond donors (Lipinski definition) is 0. The number of benzene rings is 1. The molecular weight excluding hydrogens is 398 g/mol. The third-order valence-electron chi connectivity index (χ3n) is 6.43. The van der Waals surface area contributed by atoms with Gasteiger partial charge >= 0.3 is 0 Å². The Kier molecular flexibility index (Phi) is 4.71. The van der Waals surface area contributed by atoms with Gasteiger partial charge in [-0.25, -0.2) is 9.97 Å². The second-order valence-corrected chi connectivity index (χ2v) is 8.63. The van der Waals surface area contributed by atoms with E-state index in [9.17, 15) is 4.79 Å². The lowest BCUT2D eigenvalue weighted by molar-refractivity contribution is 0.326. The Morgan fingerprint density at radius 1 is 1.23 bits per heavy atom. The van der Waals surface area contributed by atoms with Gasteiger partial charge in [0.15, 0.2) is 10.8 Å². The van der Waals surface area contributed by atoms with Crippen molar-refractivity contribution in [1.82, 2.24) is 14.5 Å². The van der Waals surface area contributed by atoms with Crippen LogP contribution in [0.3, 0.4) is 0 Å². The summed E-state index contributed by atoms with van der Waals surface area (Å²) < 4.78 is 1.87. The van der Waals surface area contributed by atoms with Gasteiger partial charge in [-0.05, 0) is 61.6 Å². The van der Waals surface area contributed by atoms with E-state index in [4.69, 9.17) is 16.9 Å². The highest BCUT2D eigenvalue weighted by Crippen LogP contribution is 2.40. The molecule has 2 fully saturated rings. The predicted molar refractivity (Wildman–Crippen MR) is 117 cm³/mol. The summed E-state index contributed by atoms with van der Waals surface area (Å²) in [5.74, 6) is 1.31. The van der Waals surface area contributed by atoms with E-state index in [1.54, 1.807) is 6.20 Å². The van der Waals surface area contributed by atoms with Gasteiger partial charge in [0.1, 0.15) is 11.9 Å². The standard InChI is InChI=1S/C23H22ClN5O/c1-14-20(3-2-9-28(14)21-13-26-19(12-25)22(24)27-21)29-10-8-17-11-16(15-4-5-15)6-7-18(17)23(29)30/h6-8,10-11,13-15,20H,2-5,9H2,1H3/t14-,20-/m1/s1. The zero-order chi connectivity index (χ0) is 20.8. The molecule has 2 atom stereocenters. The Balaban J connectivity index is 1.49. The monoisotopic (exact) mass is 419 g/mol. The second-order valence-electron chi connectivity index (χ2n) is 8.27. The van der Waals surface area contributed by atoms with Crippen molar-refractivity contribution in [2.75, 3.05) is 11.4 Å².